The summed E-state index contributed by atoms with van der Waals surface area (Å²) >= 11 is 0. The molecule has 1 aromatic heterocycles. The number of azo groups is 1. The van der Waals surface area contributed by atoms with Crippen molar-refractivity contribution in [2.24, 2.45) is 10.2 Å². The number of rotatable bonds is 2. The Morgan fingerprint density at radius 1 is 1.18 bits per heavy atom. The van der Waals surface area contributed by atoms with Gasteiger partial charge in [-0.25, -0.2) is 0 Å². The van der Waals surface area contributed by atoms with Gasteiger partial charge >= 0.3 is 6.18 Å². The Balaban J connectivity index is 2.68. The van der Waals surface area contributed by atoms with Crippen molar-refractivity contribution in [3.05, 3.63) is 51.8 Å². The van der Waals surface area contributed by atoms with Gasteiger partial charge in [0, 0.05) is 0 Å². The van der Waals surface area contributed by atoms with Gasteiger partial charge in [0.05, 0.1) is 5.69 Å². The molecule has 0 aliphatic heterocycles. The highest BCUT2D eigenvalue weighted by atomic mass is 19.4. The minimum atomic E-state index is -5.05. The van der Waals surface area contributed by atoms with Crippen LogP contribution in [0.2, 0.25) is 0 Å². The van der Waals surface area contributed by atoms with Crippen LogP contribution in [0.4, 0.5) is 24.5 Å². The van der Waals surface area contributed by atoms with E-state index in [1.165, 1.54) is 18.2 Å². The second-order valence-electron chi connectivity index (χ2n) is 4.05. The average molecular weight is 308 g/mol. The standard InChI is InChI=1S/C13H7F3N4O2/c14-13(15,16)9-8(6-17)11(21)18-12(22)10(9)20-19-7-4-2-1-3-5-7/h1-5H,(H2,18,21,22). The Hall–Kier alpha value is -3.15. The molecule has 0 bridgehead atoms. The van der Waals surface area contributed by atoms with E-state index in [9.17, 15) is 23.1 Å². The molecule has 0 radical (unpaired) electrons. The summed E-state index contributed by atoms with van der Waals surface area (Å²) in [6, 6.07) is 8.97. The number of H-pyrrole nitrogens is 1. The fourth-order valence-electron chi connectivity index (χ4n) is 1.66. The molecular weight excluding hydrogens is 301 g/mol. The second kappa shape index (κ2) is 5.69. The summed E-state index contributed by atoms with van der Waals surface area (Å²) in [5.41, 5.74) is -4.92. The molecule has 0 spiro atoms. The monoisotopic (exact) mass is 308 g/mol. The first-order chi connectivity index (χ1) is 10.3. The molecule has 2 rings (SSSR count). The lowest BCUT2D eigenvalue weighted by Gasteiger charge is -2.11. The summed E-state index contributed by atoms with van der Waals surface area (Å²) in [4.78, 5) is 13.3. The van der Waals surface area contributed by atoms with E-state index in [2.05, 4.69) is 10.2 Å². The largest absolute Gasteiger partial charge is 0.494 e. The zero-order valence-electron chi connectivity index (χ0n) is 10.7. The van der Waals surface area contributed by atoms with Crippen LogP contribution in [-0.2, 0) is 6.18 Å². The summed E-state index contributed by atoms with van der Waals surface area (Å²) in [5, 5.41) is 24.9. The molecule has 2 aromatic rings. The molecule has 0 unspecified atom stereocenters. The van der Waals surface area contributed by atoms with E-state index in [1.807, 2.05) is 0 Å². The van der Waals surface area contributed by atoms with Crippen LogP contribution < -0.4 is 5.56 Å². The SMILES string of the molecule is N#Cc1c(O)[nH]c(=O)c(N=Nc2ccccc2)c1C(F)(F)F. The van der Waals surface area contributed by atoms with Crippen LogP contribution in [0, 0.1) is 11.3 Å². The maximum absolute atomic E-state index is 13.1. The number of nitrogens with zero attached hydrogens (tertiary/aromatic N) is 3. The Labute approximate surface area is 121 Å². The van der Waals surface area contributed by atoms with E-state index < -0.39 is 34.4 Å². The summed E-state index contributed by atoms with van der Waals surface area (Å²) in [6.07, 6.45) is -5.05. The zero-order valence-corrected chi connectivity index (χ0v) is 10.7. The number of aromatic amines is 1. The highest BCUT2D eigenvalue weighted by molar-refractivity contribution is 5.58. The number of halogens is 3. The Morgan fingerprint density at radius 3 is 2.36 bits per heavy atom. The van der Waals surface area contributed by atoms with Gasteiger partial charge < -0.3 is 5.11 Å². The van der Waals surface area contributed by atoms with E-state index in [4.69, 9.17) is 5.26 Å². The highest BCUT2D eigenvalue weighted by Crippen LogP contribution is 2.39. The number of nitrogens with one attached hydrogen (secondary N) is 1. The molecule has 0 atom stereocenters. The van der Waals surface area contributed by atoms with Crippen molar-refractivity contribution < 1.29 is 18.3 Å². The van der Waals surface area contributed by atoms with E-state index >= 15 is 0 Å². The smallest absolute Gasteiger partial charge is 0.420 e. The zero-order chi connectivity index (χ0) is 16.3. The molecule has 0 aliphatic rings. The average Bonchev–Trinajstić information content (AvgIpc) is 2.45. The number of nitriles is 1. The molecule has 22 heavy (non-hydrogen) atoms. The molecule has 0 saturated heterocycles. The number of hydrogen-bond acceptors (Lipinski definition) is 5. The summed E-state index contributed by atoms with van der Waals surface area (Å²) < 4.78 is 39.2. The first-order valence-electron chi connectivity index (χ1n) is 5.78. The quantitative estimate of drug-likeness (QED) is 0.831. The second-order valence-corrected chi connectivity index (χ2v) is 4.05. The third-order valence-corrected chi connectivity index (χ3v) is 2.59. The summed E-state index contributed by atoms with van der Waals surface area (Å²) in [5.74, 6) is -1.17. The molecule has 6 nitrogen and oxygen atoms in total. The molecule has 2 N–H and O–H groups in total. The molecule has 0 aliphatic carbocycles. The molecule has 1 heterocycles. The third kappa shape index (κ3) is 2.95. The molecule has 0 amide bonds. The lowest BCUT2D eigenvalue weighted by atomic mass is 10.1. The summed E-state index contributed by atoms with van der Waals surface area (Å²) in [7, 11) is 0. The fraction of sp³-hybridized carbons (Fsp3) is 0.0769. The van der Waals surface area contributed by atoms with Gasteiger partial charge in [-0.05, 0) is 12.1 Å². The van der Waals surface area contributed by atoms with Crippen LogP contribution in [-0.4, -0.2) is 10.1 Å². The number of hydrogen-bond donors (Lipinski definition) is 2. The first kappa shape index (κ1) is 15.2. The van der Waals surface area contributed by atoms with Crippen LogP contribution in [0.3, 0.4) is 0 Å². The van der Waals surface area contributed by atoms with Gasteiger partial charge in [0.25, 0.3) is 5.56 Å². The number of pyridine rings is 1. The normalized spacial score (nSPS) is 11.5. The van der Waals surface area contributed by atoms with Crippen molar-refractivity contribution in [1.82, 2.24) is 4.98 Å². The Morgan fingerprint density at radius 2 is 1.82 bits per heavy atom. The van der Waals surface area contributed by atoms with Crippen LogP contribution in [0.15, 0.2) is 45.4 Å². The van der Waals surface area contributed by atoms with E-state index in [0.717, 1.165) is 0 Å². The van der Waals surface area contributed by atoms with Crippen LogP contribution >= 0.6 is 0 Å². The lowest BCUT2D eigenvalue weighted by Crippen LogP contribution is -2.17. The number of alkyl halides is 3. The van der Waals surface area contributed by atoms with E-state index in [1.54, 1.807) is 23.2 Å². The minimum Gasteiger partial charge on any atom is -0.494 e. The maximum atomic E-state index is 13.1. The van der Waals surface area contributed by atoms with Crippen LogP contribution in [0.5, 0.6) is 5.88 Å². The maximum Gasteiger partial charge on any atom is 0.420 e. The van der Waals surface area contributed by atoms with Crippen molar-refractivity contribution in [2.75, 3.05) is 0 Å². The van der Waals surface area contributed by atoms with E-state index in [0.29, 0.717) is 0 Å². The number of aromatic hydroxyl groups is 1. The van der Waals surface area contributed by atoms with Gasteiger partial charge in [-0.2, -0.15) is 23.5 Å². The van der Waals surface area contributed by atoms with Gasteiger partial charge in [0.15, 0.2) is 5.69 Å². The predicted octanol–water partition coefficient (Wildman–Crippen LogP) is 3.39. The lowest BCUT2D eigenvalue weighted by molar-refractivity contribution is -0.137. The van der Waals surface area contributed by atoms with E-state index in [-0.39, 0.29) is 5.69 Å². The Kier molecular flexibility index (Phi) is 3.94. The molecule has 0 fully saturated rings. The third-order valence-electron chi connectivity index (χ3n) is 2.59. The molecule has 112 valence electrons. The van der Waals surface area contributed by atoms with Crippen molar-refractivity contribution in [2.45, 2.75) is 6.18 Å². The molecule has 1 aromatic carbocycles. The van der Waals surface area contributed by atoms with Gasteiger partial charge in [-0.3, -0.25) is 9.78 Å². The highest BCUT2D eigenvalue weighted by Gasteiger charge is 2.40. The molecule has 9 heteroatoms. The van der Waals surface area contributed by atoms with Gasteiger partial charge in [-0.1, -0.05) is 18.2 Å². The van der Waals surface area contributed by atoms with Gasteiger partial charge in [-0.15, -0.1) is 5.11 Å². The Bertz CT molecular complexity index is 820. The van der Waals surface area contributed by atoms with Gasteiger partial charge in [0.2, 0.25) is 5.88 Å². The van der Waals surface area contributed by atoms with Crippen LogP contribution in [0.1, 0.15) is 11.1 Å². The molecule has 0 saturated carbocycles. The van der Waals surface area contributed by atoms with Gasteiger partial charge in [0.1, 0.15) is 17.2 Å². The van der Waals surface area contributed by atoms with Crippen molar-refractivity contribution >= 4 is 11.4 Å². The number of aromatic nitrogens is 1. The van der Waals surface area contributed by atoms with Crippen molar-refractivity contribution in [3.63, 3.8) is 0 Å². The first-order valence-corrected chi connectivity index (χ1v) is 5.78. The molecular formula is C13H7F3N4O2. The number of benzene rings is 1. The summed E-state index contributed by atoms with van der Waals surface area (Å²) in [6.45, 7) is 0. The topological polar surface area (TPSA) is 102 Å². The fourth-order valence-corrected chi connectivity index (χ4v) is 1.66. The minimum absolute atomic E-state index is 0.224. The van der Waals surface area contributed by atoms with Crippen molar-refractivity contribution in [3.8, 4) is 11.9 Å². The van der Waals surface area contributed by atoms with Crippen molar-refractivity contribution in [1.29, 1.82) is 5.26 Å². The predicted molar refractivity (Wildman–Crippen MR) is 69.1 cm³/mol. The van der Waals surface area contributed by atoms with Crippen LogP contribution in [0.25, 0.3) is 0 Å².